The van der Waals surface area contributed by atoms with Gasteiger partial charge in [-0.3, -0.25) is 9.59 Å². The van der Waals surface area contributed by atoms with E-state index < -0.39 is 5.97 Å². The molecule has 0 saturated carbocycles. The highest BCUT2D eigenvalue weighted by Gasteiger charge is 2.29. The molecule has 0 radical (unpaired) electrons. The van der Waals surface area contributed by atoms with Gasteiger partial charge in [0.1, 0.15) is 6.54 Å². The molecule has 1 saturated heterocycles. The van der Waals surface area contributed by atoms with Crippen LogP contribution in [-0.4, -0.2) is 65.2 Å². The Morgan fingerprint density at radius 1 is 1.00 bits per heavy atom. The molecular weight excluding hydrogens is 508 g/mol. The third kappa shape index (κ3) is 4.59. The average Bonchev–Trinajstić information content (AvgIpc) is 3.67. The number of H-pyrrole nitrogens is 1. The Labute approximate surface area is 230 Å². The normalized spacial score (nSPS) is 15.1. The van der Waals surface area contributed by atoms with E-state index in [9.17, 15) is 19.5 Å². The molecule has 202 valence electrons. The van der Waals surface area contributed by atoms with Gasteiger partial charge in [0.05, 0.1) is 29.6 Å². The molecule has 6 rings (SSSR count). The molecule has 3 aromatic carbocycles. The molecule has 0 unspecified atom stereocenters. The molecule has 40 heavy (non-hydrogen) atoms. The fourth-order valence-corrected chi connectivity index (χ4v) is 5.47. The summed E-state index contributed by atoms with van der Waals surface area (Å²) in [5.41, 5.74) is 5.21. The minimum Gasteiger partial charge on any atom is -0.494 e. The number of aliphatic imine (C=N–C) groups is 1. The Balaban J connectivity index is 1.41. The summed E-state index contributed by atoms with van der Waals surface area (Å²) in [4.78, 5) is 48.6. The number of nitrogens with one attached hydrogen (secondary N) is 1. The van der Waals surface area contributed by atoms with Gasteiger partial charge in [-0.2, -0.15) is 0 Å². The van der Waals surface area contributed by atoms with Crippen molar-refractivity contribution in [1.29, 1.82) is 0 Å². The molecule has 0 spiro atoms. The molecule has 1 fully saturated rings. The SMILES string of the molecule is COC(=O)c1ccc2c(C(=Nc3ccc4c(c3)N(C(=O)CN3CCCC3=O)CC4)c3ccccc3)c(O)[nH]c2c1. The van der Waals surface area contributed by atoms with Gasteiger partial charge in [-0.25, -0.2) is 9.79 Å². The van der Waals surface area contributed by atoms with Gasteiger partial charge in [-0.15, -0.1) is 0 Å². The topological polar surface area (TPSA) is 115 Å². The summed E-state index contributed by atoms with van der Waals surface area (Å²) < 4.78 is 4.84. The van der Waals surface area contributed by atoms with Gasteiger partial charge in [0.15, 0.2) is 5.88 Å². The lowest BCUT2D eigenvalue weighted by molar-refractivity contribution is -0.132. The van der Waals surface area contributed by atoms with Crippen LogP contribution in [-0.2, 0) is 20.7 Å². The number of amides is 2. The third-order valence-electron chi connectivity index (χ3n) is 7.49. The number of ether oxygens (including phenoxy) is 1. The molecule has 3 heterocycles. The van der Waals surface area contributed by atoms with Crippen molar-refractivity contribution in [1.82, 2.24) is 9.88 Å². The Kier molecular flexibility index (Phi) is 6.55. The first-order valence-corrected chi connectivity index (χ1v) is 13.2. The molecule has 0 bridgehead atoms. The van der Waals surface area contributed by atoms with Crippen molar-refractivity contribution in [3.63, 3.8) is 0 Å². The molecule has 9 nitrogen and oxygen atoms in total. The zero-order chi connectivity index (χ0) is 27.8. The molecule has 2 aliphatic rings. The van der Waals surface area contributed by atoms with Crippen molar-refractivity contribution in [2.24, 2.45) is 4.99 Å². The first-order valence-electron chi connectivity index (χ1n) is 13.2. The van der Waals surface area contributed by atoms with Crippen LogP contribution in [0.4, 0.5) is 11.4 Å². The van der Waals surface area contributed by atoms with E-state index in [1.54, 1.807) is 28.0 Å². The largest absolute Gasteiger partial charge is 0.494 e. The summed E-state index contributed by atoms with van der Waals surface area (Å²) in [6.07, 6.45) is 2.01. The van der Waals surface area contributed by atoms with Gasteiger partial charge < -0.3 is 24.6 Å². The van der Waals surface area contributed by atoms with E-state index in [1.165, 1.54) is 7.11 Å². The monoisotopic (exact) mass is 536 g/mol. The second-order valence-electron chi connectivity index (χ2n) is 9.95. The second-order valence-corrected chi connectivity index (χ2v) is 9.95. The average molecular weight is 537 g/mol. The molecule has 4 aromatic rings. The van der Waals surface area contributed by atoms with E-state index in [0.717, 1.165) is 29.7 Å². The second kappa shape index (κ2) is 10.3. The first-order chi connectivity index (χ1) is 19.4. The number of aromatic amines is 1. The van der Waals surface area contributed by atoms with Gasteiger partial charge in [0.25, 0.3) is 0 Å². The summed E-state index contributed by atoms with van der Waals surface area (Å²) in [6.45, 7) is 1.25. The Bertz CT molecular complexity index is 1670. The zero-order valence-electron chi connectivity index (χ0n) is 22.0. The predicted molar refractivity (Wildman–Crippen MR) is 151 cm³/mol. The Hall–Kier alpha value is -4.92. The number of fused-ring (bicyclic) bond motifs is 2. The minimum absolute atomic E-state index is 0.0240. The van der Waals surface area contributed by atoms with Crippen molar-refractivity contribution in [2.45, 2.75) is 19.3 Å². The lowest BCUT2D eigenvalue weighted by Crippen LogP contribution is -2.40. The van der Waals surface area contributed by atoms with Crippen LogP contribution in [0.5, 0.6) is 5.88 Å². The van der Waals surface area contributed by atoms with Gasteiger partial charge in [-0.1, -0.05) is 42.5 Å². The Morgan fingerprint density at radius 2 is 1.82 bits per heavy atom. The van der Waals surface area contributed by atoms with Crippen LogP contribution >= 0.6 is 0 Å². The lowest BCUT2D eigenvalue weighted by Gasteiger charge is -2.22. The first kappa shape index (κ1) is 25.4. The molecule has 2 amide bonds. The highest BCUT2D eigenvalue weighted by Crippen LogP contribution is 2.35. The maximum Gasteiger partial charge on any atom is 0.337 e. The molecular formula is C31H28N4O5. The van der Waals surface area contributed by atoms with E-state index >= 15 is 0 Å². The number of esters is 1. The summed E-state index contributed by atoms with van der Waals surface area (Å²) >= 11 is 0. The quantitative estimate of drug-likeness (QED) is 0.281. The smallest absolute Gasteiger partial charge is 0.337 e. The summed E-state index contributed by atoms with van der Waals surface area (Å²) in [5, 5.41) is 11.7. The number of likely N-dealkylation sites (tertiary alicyclic amines) is 1. The van der Waals surface area contributed by atoms with E-state index in [2.05, 4.69) is 4.98 Å². The van der Waals surface area contributed by atoms with Crippen LogP contribution in [0.25, 0.3) is 10.9 Å². The molecule has 9 heteroatoms. The maximum atomic E-state index is 13.2. The summed E-state index contributed by atoms with van der Waals surface area (Å²) in [7, 11) is 1.32. The number of benzene rings is 3. The number of carbonyl (C=O) groups is 3. The van der Waals surface area contributed by atoms with Crippen LogP contribution in [0.2, 0.25) is 0 Å². The van der Waals surface area contributed by atoms with E-state index in [1.807, 2.05) is 48.5 Å². The molecule has 2 N–H and O–H groups in total. The molecule has 0 atom stereocenters. The highest BCUT2D eigenvalue weighted by molar-refractivity contribution is 6.22. The zero-order valence-corrected chi connectivity index (χ0v) is 22.0. The van der Waals surface area contributed by atoms with Crippen LogP contribution in [0.3, 0.4) is 0 Å². The van der Waals surface area contributed by atoms with Gasteiger partial charge in [-0.05, 0) is 42.7 Å². The number of anilines is 1. The van der Waals surface area contributed by atoms with Crippen LogP contribution < -0.4 is 4.90 Å². The van der Waals surface area contributed by atoms with Crippen molar-refractivity contribution in [3.05, 3.63) is 89.0 Å². The van der Waals surface area contributed by atoms with Gasteiger partial charge >= 0.3 is 5.97 Å². The van der Waals surface area contributed by atoms with E-state index in [-0.39, 0.29) is 24.2 Å². The van der Waals surface area contributed by atoms with Crippen molar-refractivity contribution in [3.8, 4) is 5.88 Å². The number of carbonyl (C=O) groups excluding carboxylic acids is 3. The molecule has 2 aliphatic heterocycles. The fourth-order valence-electron chi connectivity index (χ4n) is 5.47. The van der Waals surface area contributed by atoms with Gasteiger partial charge in [0.2, 0.25) is 11.8 Å². The molecule has 1 aromatic heterocycles. The number of aromatic nitrogens is 1. The standard InChI is InChI=1S/C31H28N4O5/c1-40-31(39)21-10-12-23-24(16-21)33-30(38)28(23)29(20-6-3-2-4-7-20)32-22-11-9-19-13-15-35(25(19)17-22)27(37)18-34-14-5-8-26(34)36/h2-4,6-7,9-12,16-17,33,38H,5,8,13-15,18H2,1H3. The lowest BCUT2D eigenvalue weighted by atomic mass is 10.00. The fraction of sp³-hybridized carbons (Fsp3) is 0.226. The maximum absolute atomic E-state index is 13.2. The minimum atomic E-state index is -0.471. The predicted octanol–water partition coefficient (Wildman–Crippen LogP) is 4.34. The van der Waals surface area contributed by atoms with Crippen molar-refractivity contribution >= 4 is 45.8 Å². The number of methoxy groups -OCH3 is 1. The number of hydrogen-bond donors (Lipinski definition) is 2. The highest BCUT2D eigenvalue weighted by atomic mass is 16.5. The van der Waals surface area contributed by atoms with Crippen LogP contribution in [0, 0.1) is 0 Å². The van der Waals surface area contributed by atoms with Gasteiger partial charge in [0, 0.05) is 41.7 Å². The van der Waals surface area contributed by atoms with Crippen molar-refractivity contribution < 1.29 is 24.2 Å². The van der Waals surface area contributed by atoms with Crippen LogP contribution in [0.1, 0.15) is 39.9 Å². The van der Waals surface area contributed by atoms with Crippen LogP contribution in [0.15, 0.2) is 71.7 Å². The summed E-state index contributed by atoms with van der Waals surface area (Å²) in [6, 6.07) is 20.3. The van der Waals surface area contributed by atoms with E-state index in [0.29, 0.717) is 52.9 Å². The number of rotatable bonds is 6. The summed E-state index contributed by atoms with van der Waals surface area (Å²) in [5.74, 6) is -0.626. The number of hydrogen-bond acceptors (Lipinski definition) is 6. The molecule has 0 aliphatic carbocycles. The number of aromatic hydroxyl groups is 1. The Morgan fingerprint density at radius 3 is 2.58 bits per heavy atom. The van der Waals surface area contributed by atoms with Crippen molar-refractivity contribution in [2.75, 3.05) is 31.6 Å². The number of nitrogens with zero attached hydrogens (tertiary/aromatic N) is 3. The third-order valence-corrected chi connectivity index (χ3v) is 7.49. The van der Waals surface area contributed by atoms with E-state index in [4.69, 9.17) is 9.73 Å².